The number of nitrogens with zero attached hydrogens (tertiary/aromatic N) is 1. The average molecular weight is 438 g/mol. The first-order valence-electron chi connectivity index (χ1n) is 10.5. The summed E-state index contributed by atoms with van der Waals surface area (Å²) in [7, 11) is 0. The lowest BCUT2D eigenvalue weighted by Gasteiger charge is -2.10. The number of hydrogen-bond acceptors (Lipinski definition) is 4. The van der Waals surface area contributed by atoms with Crippen LogP contribution in [-0.2, 0) is 6.42 Å². The van der Waals surface area contributed by atoms with Crippen LogP contribution in [0.3, 0.4) is 0 Å². The standard InChI is InChI=1S/C27H22N2O4/c30-26(22-8-4-7-20(17-22)21-13-15-28-25(18-21)27(31)32)29-23-9-11-24(12-10-23)33-16-14-19-5-2-1-3-6-19/h1-13,15,17-18H,14,16H2,(H,29,30)(H,31,32). The molecule has 0 aliphatic rings. The number of amides is 1. The predicted octanol–water partition coefficient (Wildman–Crippen LogP) is 5.32. The number of carboxylic acids is 1. The number of ether oxygens (including phenoxy) is 1. The maximum absolute atomic E-state index is 12.7. The highest BCUT2D eigenvalue weighted by Crippen LogP contribution is 2.22. The highest BCUT2D eigenvalue weighted by atomic mass is 16.5. The molecule has 0 bridgehead atoms. The largest absolute Gasteiger partial charge is 0.493 e. The number of hydrogen-bond donors (Lipinski definition) is 2. The molecule has 33 heavy (non-hydrogen) atoms. The second kappa shape index (κ2) is 10.2. The van der Waals surface area contributed by atoms with E-state index in [0.717, 1.165) is 17.7 Å². The first kappa shape index (κ1) is 21.8. The van der Waals surface area contributed by atoms with Gasteiger partial charge in [-0.3, -0.25) is 4.79 Å². The van der Waals surface area contributed by atoms with Crippen molar-refractivity contribution >= 4 is 17.6 Å². The number of anilines is 1. The number of aromatic nitrogens is 1. The number of benzene rings is 3. The van der Waals surface area contributed by atoms with E-state index in [1.54, 1.807) is 36.4 Å². The molecule has 2 N–H and O–H groups in total. The third kappa shape index (κ3) is 5.83. The lowest BCUT2D eigenvalue weighted by molar-refractivity contribution is 0.0690. The van der Waals surface area contributed by atoms with E-state index in [1.165, 1.54) is 17.8 Å². The van der Waals surface area contributed by atoms with E-state index in [9.17, 15) is 9.59 Å². The van der Waals surface area contributed by atoms with Crippen molar-refractivity contribution in [2.45, 2.75) is 6.42 Å². The van der Waals surface area contributed by atoms with E-state index in [4.69, 9.17) is 9.84 Å². The molecular formula is C27H22N2O4. The smallest absolute Gasteiger partial charge is 0.354 e. The fourth-order valence-electron chi connectivity index (χ4n) is 3.34. The summed E-state index contributed by atoms with van der Waals surface area (Å²) < 4.78 is 5.79. The molecule has 0 aliphatic heterocycles. The molecule has 0 fully saturated rings. The van der Waals surface area contributed by atoms with Gasteiger partial charge in [0.25, 0.3) is 5.91 Å². The Bertz CT molecular complexity index is 1250. The van der Waals surface area contributed by atoms with Crippen LogP contribution in [-0.4, -0.2) is 28.6 Å². The van der Waals surface area contributed by atoms with Crippen molar-refractivity contribution in [2.75, 3.05) is 11.9 Å². The quantitative estimate of drug-likeness (QED) is 0.389. The molecule has 4 rings (SSSR count). The fraction of sp³-hybridized carbons (Fsp3) is 0.0741. The van der Waals surface area contributed by atoms with Gasteiger partial charge in [0.1, 0.15) is 11.4 Å². The van der Waals surface area contributed by atoms with E-state index < -0.39 is 5.97 Å². The summed E-state index contributed by atoms with van der Waals surface area (Å²) in [5.74, 6) is -0.627. The predicted molar refractivity (Wildman–Crippen MR) is 127 cm³/mol. The zero-order chi connectivity index (χ0) is 23.0. The van der Waals surface area contributed by atoms with Crippen LogP contribution in [0.4, 0.5) is 5.69 Å². The van der Waals surface area contributed by atoms with Crippen LogP contribution in [0.5, 0.6) is 5.75 Å². The van der Waals surface area contributed by atoms with Gasteiger partial charge in [-0.15, -0.1) is 0 Å². The van der Waals surface area contributed by atoms with Gasteiger partial charge in [-0.25, -0.2) is 9.78 Å². The van der Waals surface area contributed by atoms with Crippen molar-refractivity contribution in [3.05, 3.63) is 114 Å². The Hall–Kier alpha value is -4.45. The van der Waals surface area contributed by atoms with Gasteiger partial charge in [0.2, 0.25) is 0 Å². The normalized spacial score (nSPS) is 10.4. The first-order chi connectivity index (χ1) is 16.1. The van der Waals surface area contributed by atoms with Crippen LogP contribution in [0, 0.1) is 0 Å². The highest BCUT2D eigenvalue weighted by molar-refractivity contribution is 6.05. The molecule has 0 unspecified atom stereocenters. The molecule has 6 heteroatoms. The molecule has 1 heterocycles. The van der Waals surface area contributed by atoms with Gasteiger partial charge in [-0.2, -0.15) is 0 Å². The zero-order valence-corrected chi connectivity index (χ0v) is 17.8. The second-order valence-corrected chi connectivity index (χ2v) is 7.38. The summed E-state index contributed by atoms with van der Waals surface area (Å²) in [6, 6.07) is 27.6. The Morgan fingerprint density at radius 1 is 0.848 bits per heavy atom. The van der Waals surface area contributed by atoms with E-state index in [-0.39, 0.29) is 11.6 Å². The van der Waals surface area contributed by atoms with Crippen molar-refractivity contribution in [3.8, 4) is 16.9 Å². The van der Waals surface area contributed by atoms with Gasteiger partial charge in [-0.1, -0.05) is 42.5 Å². The minimum absolute atomic E-state index is 0.0477. The van der Waals surface area contributed by atoms with E-state index in [0.29, 0.717) is 23.4 Å². The summed E-state index contributed by atoms with van der Waals surface area (Å²) in [5.41, 5.74) is 3.69. The van der Waals surface area contributed by atoms with Crippen molar-refractivity contribution < 1.29 is 19.4 Å². The summed E-state index contributed by atoms with van der Waals surface area (Å²) in [6.07, 6.45) is 2.26. The summed E-state index contributed by atoms with van der Waals surface area (Å²) in [4.78, 5) is 27.7. The van der Waals surface area contributed by atoms with Crippen molar-refractivity contribution in [3.63, 3.8) is 0 Å². The van der Waals surface area contributed by atoms with E-state index >= 15 is 0 Å². The molecule has 6 nitrogen and oxygen atoms in total. The van der Waals surface area contributed by atoms with Crippen LogP contribution in [0.15, 0.2) is 97.2 Å². The molecule has 0 radical (unpaired) electrons. The van der Waals surface area contributed by atoms with Gasteiger partial charge in [0, 0.05) is 23.9 Å². The van der Waals surface area contributed by atoms with Gasteiger partial charge in [0.05, 0.1) is 6.61 Å². The zero-order valence-electron chi connectivity index (χ0n) is 17.8. The lowest BCUT2D eigenvalue weighted by atomic mass is 10.0. The number of nitrogens with one attached hydrogen (secondary N) is 1. The average Bonchev–Trinajstić information content (AvgIpc) is 2.86. The van der Waals surface area contributed by atoms with Gasteiger partial charge in [-0.05, 0) is 65.2 Å². The summed E-state index contributed by atoms with van der Waals surface area (Å²) in [5, 5.41) is 12.0. The van der Waals surface area contributed by atoms with Crippen molar-refractivity contribution in [2.24, 2.45) is 0 Å². The summed E-state index contributed by atoms with van der Waals surface area (Å²) >= 11 is 0. The number of rotatable bonds is 8. The van der Waals surface area contributed by atoms with Crippen molar-refractivity contribution in [1.82, 2.24) is 4.98 Å². The highest BCUT2D eigenvalue weighted by Gasteiger charge is 2.10. The maximum atomic E-state index is 12.7. The number of carboxylic acid groups (broad SMARTS) is 1. The van der Waals surface area contributed by atoms with E-state index in [1.807, 2.05) is 36.4 Å². The second-order valence-electron chi connectivity index (χ2n) is 7.38. The minimum Gasteiger partial charge on any atom is -0.493 e. The Morgan fingerprint density at radius 3 is 2.36 bits per heavy atom. The molecule has 0 atom stereocenters. The Morgan fingerprint density at radius 2 is 1.61 bits per heavy atom. The van der Waals surface area contributed by atoms with E-state index in [2.05, 4.69) is 22.4 Å². The third-order valence-corrected chi connectivity index (χ3v) is 5.05. The third-order valence-electron chi connectivity index (χ3n) is 5.05. The Kier molecular flexibility index (Phi) is 6.75. The first-order valence-corrected chi connectivity index (χ1v) is 10.5. The van der Waals surface area contributed by atoms with Crippen LogP contribution in [0.1, 0.15) is 26.4 Å². The lowest BCUT2D eigenvalue weighted by Crippen LogP contribution is -2.12. The number of pyridine rings is 1. The molecule has 164 valence electrons. The monoisotopic (exact) mass is 438 g/mol. The SMILES string of the molecule is O=C(Nc1ccc(OCCc2ccccc2)cc1)c1cccc(-c2ccnc(C(=O)O)c2)c1. The summed E-state index contributed by atoms with van der Waals surface area (Å²) in [6.45, 7) is 0.571. The van der Waals surface area contributed by atoms with Gasteiger partial charge >= 0.3 is 5.97 Å². The fourth-order valence-corrected chi connectivity index (χ4v) is 3.34. The van der Waals surface area contributed by atoms with Crippen LogP contribution in [0.25, 0.3) is 11.1 Å². The Balaban J connectivity index is 1.37. The van der Waals surface area contributed by atoms with Crippen molar-refractivity contribution in [1.29, 1.82) is 0 Å². The van der Waals surface area contributed by atoms with Crippen LogP contribution >= 0.6 is 0 Å². The molecular weight excluding hydrogens is 416 g/mol. The number of carbonyl (C=O) groups excluding carboxylic acids is 1. The molecule has 3 aromatic carbocycles. The molecule has 0 saturated carbocycles. The maximum Gasteiger partial charge on any atom is 0.354 e. The molecule has 0 saturated heterocycles. The van der Waals surface area contributed by atoms with Gasteiger partial charge < -0.3 is 15.2 Å². The van der Waals surface area contributed by atoms with Crippen LogP contribution in [0.2, 0.25) is 0 Å². The topological polar surface area (TPSA) is 88.5 Å². The number of aromatic carboxylic acids is 1. The van der Waals surface area contributed by atoms with Gasteiger partial charge in [0.15, 0.2) is 0 Å². The Labute approximate surface area is 191 Å². The molecule has 1 aromatic heterocycles. The molecule has 0 aliphatic carbocycles. The number of carbonyl (C=O) groups is 2. The molecule has 0 spiro atoms. The van der Waals surface area contributed by atoms with Crippen LogP contribution < -0.4 is 10.1 Å². The molecule has 1 amide bonds. The minimum atomic E-state index is -1.10. The molecule has 4 aromatic rings.